The van der Waals surface area contributed by atoms with Gasteiger partial charge in [-0.05, 0) is 37.1 Å². The second-order valence-electron chi connectivity index (χ2n) is 5.17. The molecule has 5 heteroatoms. The van der Waals surface area contributed by atoms with Gasteiger partial charge >= 0.3 is 0 Å². The average molecular weight is 326 g/mol. The van der Waals surface area contributed by atoms with Gasteiger partial charge in [0, 0.05) is 41.9 Å². The fourth-order valence-corrected chi connectivity index (χ4v) is 2.92. The van der Waals surface area contributed by atoms with Crippen molar-refractivity contribution >= 4 is 23.2 Å². The fraction of sp³-hybridized carbons (Fsp3) is 0.438. The number of rotatable bonds is 7. The topological polar surface area (TPSA) is 29.9 Å². The standard InChI is InChI=1S/C16H21Cl2N3/c1-3-8-19-15(6-7-16-20-9-10-21(16)2)13-5-4-12(17)11-14(13)18/h4-5,9-11,15,19H,3,6-8H2,1-2H3. The van der Waals surface area contributed by atoms with Crippen LogP contribution in [0.3, 0.4) is 0 Å². The van der Waals surface area contributed by atoms with Gasteiger partial charge < -0.3 is 9.88 Å². The second kappa shape index (κ2) is 7.83. The summed E-state index contributed by atoms with van der Waals surface area (Å²) in [6.07, 6.45) is 6.75. The number of imidazole rings is 1. The first kappa shape index (κ1) is 16.3. The molecule has 0 saturated carbocycles. The van der Waals surface area contributed by atoms with Crippen LogP contribution in [0, 0.1) is 0 Å². The molecule has 0 spiro atoms. The monoisotopic (exact) mass is 325 g/mol. The van der Waals surface area contributed by atoms with Crippen LogP contribution in [0.4, 0.5) is 0 Å². The fourth-order valence-electron chi connectivity index (χ4n) is 2.38. The van der Waals surface area contributed by atoms with Crippen LogP contribution >= 0.6 is 23.2 Å². The van der Waals surface area contributed by atoms with Crippen LogP contribution in [0.5, 0.6) is 0 Å². The predicted molar refractivity (Wildman–Crippen MR) is 89.0 cm³/mol. The molecule has 114 valence electrons. The van der Waals surface area contributed by atoms with E-state index >= 15 is 0 Å². The first-order valence-corrected chi connectivity index (χ1v) is 8.02. The van der Waals surface area contributed by atoms with E-state index in [1.54, 1.807) is 6.07 Å². The minimum absolute atomic E-state index is 0.214. The highest BCUT2D eigenvalue weighted by molar-refractivity contribution is 6.35. The molecule has 1 atom stereocenters. The molecule has 0 fully saturated rings. The molecule has 2 rings (SSSR count). The molecule has 0 aliphatic carbocycles. The minimum atomic E-state index is 0.214. The highest BCUT2D eigenvalue weighted by Crippen LogP contribution is 2.28. The molecule has 0 bridgehead atoms. The van der Waals surface area contributed by atoms with Crippen LogP contribution in [0.15, 0.2) is 30.6 Å². The minimum Gasteiger partial charge on any atom is -0.338 e. The highest BCUT2D eigenvalue weighted by atomic mass is 35.5. The number of aromatic nitrogens is 2. The zero-order valence-electron chi connectivity index (χ0n) is 12.4. The Morgan fingerprint density at radius 3 is 2.76 bits per heavy atom. The number of aryl methyl sites for hydroxylation is 2. The van der Waals surface area contributed by atoms with Crippen LogP contribution in [0.2, 0.25) is 10.0 Å². The van der Waals surface area contributed by atoms with Crippen molar-refractivity contribution in [2.45, 2.75) is 32.2 Å². The van der Waals surface area contributed by atoms with Crippen LogP contribution < -0.4 is 5.32 Å². The summed E-state index contributed by atoms with van der Waals surface area (Å²) >= 11 is 12.3. The zero-order valence-corrected chi connectivity index (χ0v) is 14.0. The summed E-state index contributed by atoms with van der Waals surface area (Å²) in [4.78, 5) is 4.38. The van der Waals surface area contributed by atoms with E-state index in [2.05, 4.69) is 21.8 Å². The molecule has 2 aromatic rings. The Bertz CT molecular complexity index is 581. The van der Waals surface area contributed by atoms with E-state index in [0.29, 0.717) is 5.02 Å². The number of benzene rings is 1. The summed E-state index contributed by atoms with van der Waals surface area (Å²) in [6.45, 7) is 3.12. The van der Waals surface area contributed by atoms with Gasteiger partial charge in [0.05, 0.1) is 0 Å². The zero-order chi connectivity index (χ0) is 15.2. The maximum atomic E-state index is 6.35. The summed E-state index contributed by atoms with van der Waals surface area (Å²) < 4.78 is 2.06. The molecular formula is C16H21Cl2N3. The molecule has 0 aliphatic heterocycles. The molecule has 1 unspecified atom stereocenters. The van der Waals surface area contributed by atoms with Crippen molar-refractivity contribution in [1.82, 2.24) is 14.9 Å². The molecule has 0 saturated heterocycles. The Hall–Kier alpha value is -1.03. The molecule has 0 radical (unpaired) electrons. The van der Waals surface area contributed by atoms with Gasteiger partial charge in [-0.25, -0.2) is 4.98 Å². The largest absolute Gasteiger partial charge is 0.338 e. The average Bonchev–Trinajstić information content (AvgIpc) is 2.85. The van der Waals surface area contributed by atoms with Gasteiger partial charge in [0.15, 0.2) is 0 Å². The van der Waals surface area contributed by atoms with Gasteiger partial charge in [0.25, 0.3) is 0 Å². The van der Waals surface area contributed by atoms with Crippen molar-refractivity contribution in [2.24, 2.45) is 7.05 Å². The van der Waals surface area contributed by atoms with E-state index in [0.717, 1.165) is 42.2 Å². The lowest BCUT2D eigenvalue weighted by Crippen LogP contribution is -2.23. The van der Waals surface area contributed by atoms with E-state index in [1.165, 1.54) is 0 Å². The molecule has 0 aliphatic rings. The van der Waals surface area contributed by atoms with Crippen LogP contribution in [0.1, 0.15) is 37.2 Å². The Morgan fingerprint density at radius 1 is 1.33 bits per heavy atom. The van der Waals surface area contributed by atoms with E-state index in [4.69, 9.17) is 23.2 Å². The van der Waals surface area contributed by atoms with Gasteiger partial charge in [-0.3, -0.25) is 0 Å². The second-order valence-corrected chi connectivity index (χ2v) is 6.01. The van der Waals surface area contributed by atoms with E-state index in [1.807, 2.05) is 31.6 Å². The molecular weight excluding hydrogens is 305 g/mol. The van der Waals surface area contributed by atoms with Crippen LogP contribution in [0.25, 0.3) is 0 Å². The predicted octanol–water partition coefficient (Wildman–Crippen LogP) is 4.40. The number of nitrogens with zero attached hydrogens (tertiary/aromatic N) is 2. The third kappa shape index (κ3) is 4.47. The smallest absolute Gasteiger partial charge is 0.108 e. The van der Waals surface area contributed by atoms with Crippen LogP contribution in [-0.4, -0.2) is 16.1 Å². The van der Waals surface area contributed by atoms with Gasteiger partial charge in [-0.1, -0.05) is 36.2 Å². The first-order chi connectivity index (χ1) is 10.1. The first-order valence-electron chi connectivity index (χ1n) is 7.26. The summed E-state index contributed by atoms with van der Waals surface area (Å²) in [7, 11) is 2.02. The Morgan fingerprint density at radius 2 is 2.14 bits per heavy atom. The molecule has 3 nitrogen and oxygen atoms in total. The third-order valence-corrected chi connectivity index (χ3v) is 4.12. The van der Waals surface area contributed by atoms with E-state index in [9.17, 15) is 0 Å². The van der Waals surface area contributed by atoms with Crippen LogP contribution in [-0.2, 0) is 13.5 Å². The Labute approximate surface area is 136 Å². The van der Waals surface area contributed by atoms with Crippen molar-refractivity contribution in [3.05, 3.63) is 52.0 Å². The van der Waals surface area contributed by atoms with Crippen molar-refractivity contribution in [3.63, 3.8) is 0 Å². The van der Waals surface area contributed by atoms with Gasteiger partial charge in [0.1, 0.15) is 5.82 Å². The molecule has 0 amide bonds. The molecule has 1 N–H and O–H groups in total. The summed E-state index contributed by atoms with van der Waals surface area (Å²) in [5.74, 6) is 1.09. The Balaban J connectivity index is 2.12. The number of hydrogen-bond donors (Lipinski definition) is 1. The summed E-state index contributed by atoms with van der Waals surface area (Å²) in [5.41, 5.74) is 1.10. The lowest BCUT2D eigenvalue weighted by Gasteiger charge is -2.20. The molecule has 21 heavy (non-hydrogen) atoms. The number of nitrogens with one attached hydrogen (secondary N) is 1. The SMILES string of the molecule is CCCNC(CCc1nccn1C)c1ccc(Cl)cc1Cl. The van der Waals surface area contributed by atoms with Crippen molar-refractivity contribution in [3.8, 4) is 0 Å². The lowest BCUT2D eigenvalue weighted by atomic mass is 10.0. The highest BCUT2D eigenvalue weighted by Gasteiger charge is 2.15. The van der Waals surface area contributed by atoms with Crippen molar-refractivity contribution in [2.75, 3.05) is 6.54 Å². The van der Waals surface area contributed by atoms with E-state index in [-0.39, 0.29) is 6.04 Å². The quantitative estimate of drug-likeness (QED) is 0.817. The normalized spacial score (nSPS) is 12.6. The summed E-state index contributed by atoms with van der Waals surface area (Å²) in [5, 5.41) is 4.95. The van der Waals surface area contributed by atoms with Crippen molar-refractivity contribution in [1.29, 1.82) is 0 Å². The molecule has 1 aromatic heterocycles. The molecule has 1 aromatic carbocycles. The lowest BCUT2D eigenvalue weighted by molar-refractivity contribution is 0.491. The maximum absolute atomic E-state index is 6.35. The van der Waals surface area contributed by atoms with Gasteiger partial charge in [-0.2, -0.15) is 0 Å². The number of hydrogen-bond acceptors (Lipinski definition) is 2. The Kier molecular flexibility index (Phi) is 6.09. The van der Waals surface area contributed by atoms with Gasteiger partial charge in [-0.15, -0.1) is 0 Å². The van der Waals surface area contributed by atoms with E-state index < -0.39 is 0 Å². The number of halogens is 2. The summed E-state index contributed by atoms with van der Waals surface area (Å²) in [6, 6.07) is 5.92. The maximum Gasteiger partial charge on any atom is 0.108 e. The molecule has 1 heterocycles. The third-order valence-electron chi connectivity index (χ3n) is 3.56. The van der Waals surface area contributed by atoms with Gasteiger partial charge in [0.2, 0.25) is 0 Å². The van der Waals surface area contributed by atoms with Crippen molar-refractivity contribution < 1.29 is 0 Å².